The maximum absolute atomic E-state index is 13.1. The molecule has 8 nitrogen and oxygen atoms in total. The summed E-state index contributed by atoms with van der Waals surface area (Å²) in [4.78, 5) is 25.7. The van der Waals surface area contributed by atoms with Gasteiger partial charge >= 0.3 is 6.09 Å². The fourth-order valence-electron chi connectivity index (χ4n) is 3.39. The Morgan fingerprint density at radius 1 is 1.41 bits per heavy atom. The predicted octanol–water partition coefficient (Wildman–Crippen LogP) is 3.07. The quantitative estimate of drug-likeness (QED) is 0.724. The van der Waals surface area contributed by atoms with Crippen molar-refractivity contribution in [3.8, 4) is 0 Å². The van der Waals surface area contributed by atoms with Crippen LogP contribution in [-0.4, -0.2) is 46.4 Å². The number of primary amides is 1. The summed E-state index contributed by atoms with van der Waals surface area (Å²) in [5.41, 5.74) is 6.29. The number of carbonyl (C=O) groups is 2. The van der Waals surface area contributed by atoms with Crippen molar-refractivity contribution in [2.75, 3.05) is 25.0 Å². The van der Waals surface area contributed by atoms with E-state index in [0.29, 0.717) is 31.8 Å². The van der Waals surface area contributed by atoms with Crippen LogP contribution in [0.2, 0.25) is 0 Å². The molecule has 1 aromatic heterocycles. The summed E-state index contributed by atoms with van der Waals surface area (Å²) < 4.78 is 19.9. The molecular weight excluding hydrogens is 377 g/mol. The number of ether oxygens (including phenoxy) is 1. The number of carbonyl (C=O) groups excluding carboxylic acids is 2. The average molecular weight is 401 g/mol. The molecule has 0 radical (unpaired) electrons. The number of benzene rings is 1. The smallest absolute Gasteiger partial charge is 0.409 e. The average Bonchev–Trinajstić information content (AvgIpc) is 3.13. The normalized spacial score (nSPS) is 18.9. The number of piperidine rings is 1. The molecule has 2 amide bonds. The van der Waals surface area contributed by atoms with Crippen LogP contribution in [-0.2, 0) is 4.74 Å². The van der Waals surface area contributed by atoms with E-state index >= 15 is 0 Å². The van der Waals surface area contributed by atoms with Gasteiger partial charge in [-0.15, -0.1) is 6.58 Å². The van der Waals surface area contributed by atoms with Gasteiger partial charge in [-0.25, -0.2) is 9.18 Å². The summed E-state index contributed by atoms with van der Waals surface area (Å²) in [6.07, 6.45) is 3.70. The van der Waals surface area contributed by atoms with E-state index in [0.717, 1.165) is 0 Å². The molecule has 9 heteroatoms. The van der Waals surface area contributed by atoms with Crippen molar-refractivity contribution in [1.82, 2.24) is 14.7 Å². The van der Waals surface area contributed by atoms with E-state index in [9.17, 15) is 14.0 Å². The molecule has 2 aromatic rings. The van der Waals surface area contributed by atoms with Crippen molar-refractivity contribution in [2.24, 2.45) is 11.7 Å². The Hall–Kier alpha value is -3.36. The highest BCUT2D eigenvalue weighted by Gasteiger charge is 2.33. The summed E-state index contributed by atoms with van der Waals surface area (Å²) in [6, 6.07) is 5.45. The molecule has 2 heterocycles. The molecule has 1 aliphatic rings. The first-order chi connectivity index (χ1) is 13.9. The fraction of sp³-hybridized carbons (Fsp3) is 0.350. The van der Waals surface area contributed by atoms with Crippen LogP contribution in [0.25, 0.3) is 0 Å². The van der Waals surface area contributed by atoms with Crippen LogP contribution in [0, 0.1) is 11.7 Å². The van der Waals surface area contributed by atoms with E-state index in [1.54, 1.807) is 22.7 Å². The monoisotopic (exact) mass is 401 g/mol. The molecule has 1 saturated heterocycles. The third kappa shape index (κ3) is 4.56. The number of halogens is 1. The molecule has 0 aliphatic carbocycles. The largest absolute Gasteiger partial charge is 0.450 e. The van der Waals surface area contributed by atoms with Gasteiger partial charge in [0.05, 0.1) is 12.6 Å². The Kier molecular flexibility index (Phi) is 6.16. The summed E-state index contributed by atoms with van der Waals surface area (Å²) in [6.45, 7) is 6.86. The maximum Gasteiger partial charge on any atom is 0.409 e. The van der Waals surface area contributed by atoms with Gasteiger partial charge in [-0.1, -0.05) is 6.08 Å². The maximum atomic E-state index is 13.1. The van der Waals surface area contributed by atoms with Crippen molar-refractivity contribution in [3.05, 3.63) is 54.5 Å². The molecule has 1 aliphatic heterocycles. The Morgan fingerprint density at radius 3 is 2.76 bits per heavy atom. The van der Waals surface area contributed by atoms with Gasteiger partial charge in [0.25, 0.3) is 5.91 Å². The molecule has 0 unspecified atom stereocenters. The van der Waals surface area contributed by atoms with E-state index in [1.165, 1.54) is 24.3 Å². The Balaban J connectivity index is 1.89. The number of hydrogen-bond acceptors (Lipinski definition) is 5. The van der Waals surface area contributed by atoms with Crippen LogP contribution in [0.15, 0.2) is 43.1 Å². The SMILES string of the molecule is C=C[C@@H]1CCN(C(=O)OCC)C[C@H]1n1cc(C(N)=O)c(Nc2ccc(F)cc2)n1. The molecule has 0 bridgehead atoms. The fourth-order valence-corrected chi connectivity index (χ4v) is 3.39. The second kappa shape index (κ2) is 8.76. The van der Waals surface area contributed by atoms with E-state index in [-0.39, 0.29) is 35.3 Å². The highest BCUT2D eigenvalue weighted by Crippen LogP contribution is 2.31. The highest BCUT2D eigenvalue weighted by atomic mass is 19.1. The number of hydrogen-bond donors (Lipinski definition) is 2. The van der Waals surface area contributed by atoms with Gasteiger partial charge in [0.15, 0.2) is 5.82 Å². The van der Waals surface area contributed by atoms with E-state index in [1.807, 2.05) is 6.08 Å². The second-order valence-electron chi connectivity index (χ2n) is 6.77. The van der Waals surface area contributed by atoms with Crippen LogP contribution in [0.1, 0.15) is 29.7 Å². The molecule has 0 spiro atoms. The van der Waals surface area contributed by atoms with Gasteiger partial charge in [0.2, 0.25) is 0 Å². The molecule has 3 rings (SSSR count). The lowest BCUT2D eigenvalue weighted by atomic mass is 9.92. The van der Waals surface area contributed by atoms with Crippen LogP contribution < -0.4 is 11.1 Å². The third-order valence-electron chi connectivity index (χ3n) is 4.91. The van der Waals surface area contributed by atoms with Crippen LogP contribution in [0.5, 0.6) is 0 Å². The summed E-state index contributed by atoms with van der Waals surface area (Å²) in [5.74, 6) is -0.694. The van der Waals surface area contributed by atoms with Crippen molar-refractivity contribution in [3.63, 3.8) is 0 Å². The summed E-state index contributed by atoms with van der Waals surface area (Å²) in [5, 5.41) is 7.49. The van der Waals surface area contributed by atoms with Crippen molar-refractivity contribution >= 4 is 23.5 Å². The number of nitrogens with zero attached hydrogens (tertiary/aromatic N) is 3. The minimum atomic E-state index is -0.644. The van der Waals surface area contributed by atoms with Gasteiger partial charge in [-0.3, -0.25) is 9.48 Å². The van der Waals surface area contributed by atoms with Crippen LogP contribution in [0.3, 0.4) is 0 Å². The summed E-state index contributed by atoms with van der Waals surface area (Å²) in [7, 11) is 0. The van der Waals surface area contributed by atoms with Gasteiger partial charge in [0, 0.05) is 30.9 Å². The topological polar surface area (TPSA) is 102 Å². The molecule has 29 heavy (non-hydrogen) atoms. The number of amides is 2. The molecule has 2 atom stereocenters. The highest BCUT2D eigenvalue weighted by molar-refractivity contribution is 5.98. The zero-order valence-corrected chi connectivity index (χ0v) is 16.2. The van der Waals surface area contributed by atoms with Crippen molar-refractivity contribution in [1.29, 1.82) is 0 Å². The number of anilines is 2. The number of likely N-dealkylation sites (tertiary alicyclic amines) is 1. The lowest BCUT2D eigenvalue weighted by Gasteiger charge is -2.36. The van der Waals surface area contributed by atoms with E-state index in [2.05, 4.69) is 17.0 Å². The Labute approximate surface area is 168 Å². The van der Waals surface area contributed by atoms with Crippen LogP contribution in [0.4, 0.5) is 20.7 Å². The zero-order chi connectivity index (χ0) is 21.0. The lowest BCUT2D eigenvalue weighted by molar-refractivity contribution is 0.0788. The van der Waals surface area contributed by atoms with E-state index in [4.69, 9.17) is 10.5 Å². The van der Waals surface area contributed by atoms with Gasteiger partial charge in [-0.05, 0) is 37.6 Å². The zero-order valence-electron chi connectivity index (χ0n) is 16.2. The molecule has 154 valence electrons. The molecule has 3 N–H and O–H groups in total. The second-order valence-corrected chi connectivity index (χ2v) is 6.77. The molecule has 1 aromatic carbocycles. The van der Waals surface area contributed by atoms with Crippen molar-refractivity contribution in [2.45, 2.75) is 19.4 Å². The third-order valence-corrected chi connectivity index (χ3v) is 4.91. The first-order valence-electron chi connectivity index (χ1n) is 9.38. The van der Waals surface area contributed by atoms with Crippen LogP contribution >= 0.6 is 0 Å². The van der Waals surface area contributed by atoms with E-state index < -0.39 is 5.91 Å². The standard InChI is InChI=1S/C20H24FN5O3/c1-3-13-9-10-25(20(28)29-4-2)12-17(13)26-11-16(18(22)27)19(24-26)23-15-7-5-14(21)6-8-15/h3,5-8,11,13,17H,1,4,9-10,12H2,2H3,(H2,22,27)(H,23,24)/t13-,17-/m1/s1. The number of rotatable bonds is 6. The van der Waals surface area contributed by atoms with Gasteiger partial charge < -0.3 is 20.7 Å². The summed E-state index contributed by atoms with van der Waals surface area (Å²) >= 11 is 0. The predicted molar refractivity (Wildman–Crippen MR) is 106 cm³/mol. The number of nitrogens with one attached hydrogen (secondary N) is 1. The van der Waals surface area contributed by atoms with Gasteiger partial charge in [-0.2, -0.15) is 5.10 Å². The Bertz CT molecular complexity index is 896. The molecular formula is C20H24FN5O3. The number of nitrogens with two attached hydrogens (primary N) is 1. The number of allylic oxidation sites excluding steroid dienone is 1. The first kappa shape index (κ1) is 20.4. The lowest BCUT2D eigenvalue weighted by Crippen LogP contribution is -2.44. The first-order valence-corrected chi connectivity index (χ1v) is 9.38. The van der Waals surface area contributed by atoms with Gasteiger partial charge in [0.1, 0.15) is 11.4 Å². The Morgan fingerprint density at radius 2 is 2.14 bits per heavy atom. The number of aromatic nitrogens is 2. The minimum Gasteiger partial charge on any atom is -0.450 e. The molecule has 1 fully saturated rings. The molecule has 0 saturated carbocycles. The minimum absolute atomic E-state index is 0.0555. The van der Waals surface area contributed by atoms with Crippen molar-refractivity contribution < 1.29 is 18.7 Å².